The molecule has 0 bridgehead atoms. The number of sulfonamides is 1. The van der Waals surface area contributed by atoms with Crippen molar-refractivity contribution in [1.29, 1.82) is 0 Å². The van der Waals surface area contributed by atoms with Crippen molar-refractivity contribution in [3.05, 3.63) is 48.0 Å². The molecule has 0 radical (unpaired) electrons. The molecule has 1 aromatic heterocycles. The Kier molecular flexibility index (Phi) is 4.70. The molecule has 3 aromatic rings. The van der Waals surface area contributed by atoms with Crippen LogP contribution >= 0.6 is 11.3 Å². The van der Waals surface area contributed by atoms with E-state index in [2.05, 4.69) is 14.6 Å². The third-order valence-electron chi connectivity index (χ3n) is 4.49. The first-order valence-electron chi connectivity index (χ1n) is 8.59. The van der Waals surface area contributed by atoms with E-state index in [-0.39, 0.29) is 5.69 Å². The fourth-order valence-corrected chi connectivity index (χ4v) is 5.50. The van der Waals surface area contributed by atoms with E-state index in [1.165, 1.54) is 23.5 Å². The molecule has 4 rings (SSSR count). The fraction of sp³-hybridized carbons (Fsp3) is 0.278. The number of halogens is 3. The van der Waals surface area contributed by atoms with Crippen LogP contribution in [0.4, 0.5) is 24.0 Å². The lowest BCUT2D eigenvalue weighted by Gasteiger charge is -2.14. The highest BCUT2D eigenvalue weighted by atomic mass is 32.2. The predicted molar refractivity (Wildman–Crippen MR) is 103 cm³/mol. The van der Waals surface area contributed by atoms with Crippen LogP contribution < -0.4 is 9.62 Å². The third kappa shape index (κ3) is 3.66. The number of alkyl halides is 3. The van der Waals surface area contributed by atoms with Gasteiger partial charge in [0.25, 0.3) is 10.0 Å². The Morgan fingerprint density at radius 3 is 2.50 bits per heavy atom. The maximum Gasteiger partial charge on any atom is 0.417 e. The second kappa shape index (κ2) is 6.93. The van der Waals surface area contributed by atoms with E-state index in [1.54, 1.807) is 12.1 Å². The highest BCUT2D eigenvalue weighted by Gasteiger charge is 2.36. The molecule has 0 spiro atoms. The van der Waals surface area contributed by atoms with Crippen LogP contribution in [0.15, 0.2) is 47.4 Å². The highest BCUT2D eigenvalue weighted by molar-refractivity contribution is 7.92. The van der Waals surface area contributed by atoms with E-state index < -0.39 is 26.7 Å². The van der Waals surface area contributed by atoms with Gasteiger partial charge in [-0.15, -0.1) is 0 Å². The Balaban J connectivity index is 1.66. The summed E-state index contributed by atoms with van der Waals surface area (Å²) in [4.78, 5) is 5.93. The SMILES string of the molecule is O=S(=O)(Nc1ccc2nc(N3CCCC3)sc2c1)c1ccccc1C(F)(F)F. The summed E-state index contributed by atoms with van der Waals surface area (Å²) in [6, 6.07) is 8.89. The summed E-state index contributed by atoms with van der Waals surface area (Å²) in [6.07, 6.45) is -2.54. The second-order valence-electron chi connectivity index (χ2n) is 6.47. The van der Waals surface area contributed by atoms with Gasteiger partial charge in [0, 0.05) is 13.1 Å². The third-order valence-corrected chi connectivity index (χ3v) is 7.01. The van der Waals surface area contributed by atoms with Crippen LogP contribution in [0.3, 0.4) is 0 Å². The van der Waals surface area contributed by atoms with Gasteiger partial charge in [0.05, 0.1) is 26.4 Å². The number of fused-ring (bicyclic) bond motifs is 1. The molecule has 28 heavy (non-hydrogen) atoms. The molecule has 0 unspecified atom stereocenters. The molecule has 5 nitrogen and oxygen atoms in total. The quantitative estimate of drug-likeness (QED) is 0.655. The van der Waals surface area contributed by atoms with Gasteiger partial charge in [-0.05, 0) is 43.2 Å². The van der Waals surface area contributed by atoms with E-state index in [1.807, 2.05) is 0 Å². The summed E-state index contributed by atoms with van der Waals surface area (Å²) in [5, 5.41) is 0.870. The van der Waals surface area contributed by atoms with Gasteiger partial charge < -0.3 is 4.90 Å². The fourth-order valence-electron chi connectivity index (χ4n) is 3.16. The second-order valence-corrected chi connectivity index (χ2v) is 9.13. The van der Waals surface area contributed by atoms with Crippen LogP contribution in [0.25, 0.3) is 10.2 Å². The van der Waals surface area contributed by atoms with E-state index >= 15 is 0 Å². The van der Waals surface area contributed by atoms with E-state index in [0.717, 1.165) is 59.5 Å². The number of thiazole rings is 1. The Bertz CT molecular complexity index is 1120. The number of nitrogens with zero attached hydrogens (tertiary/aromatic N) is 2. The summed E-state index contributed by atoms with van der Waals surface area (Å²) in [7, 11) is -4.40. The lowest BCUT2D eigenvalue weighted by Crippen LogP contribution is -2.18. The van der Waals surface area contributed by atoms with Crippen molar-refractivity contribution < 1.29 is 21.6 Å². The van der Waals surface area contributed by atoms with Crippen molar-refractivity contribution in [2.24, 2.45) is 0 Å². The highest BCUT2D eigenvalue weighted by Crippen LogP contribution is 2.36. The molecule has 1 saturated heterocycles. The van der Waals surface area contributed by atoms with Gasteiger partial charge in [0.15, 0.2) is 5.13 Å². The molecular weight excluding hydrogens is 411 g/mol. The monoisotopic (exact) mass is 427 g/mol. The number of anilines is 2. The van der Waals surface area contributed by atoms with Crippen LogP contribution in [0, 0.1) is 0 Å². The van der Waals surface area contributed by atoms with E-state index in [0.29, 0.717) is 0 Å². The molecule has 10 heteroatoms. The van der Waals surface area contributed by atoms with Gasteiger partial charge >= 0.3 is 6.18 Å². The van der Waals surface area contributed by atoms with Crippen molar-refractivity contribution in [2.45, 2.75) is 23.9 Å². The van der Waals surface area contributed by atoms with Crippen molar-refractivity contribution >= 4 is 42.4 Å². The van der Waals surface area contributed by atoms with Gasteiger partial charge in [-0.2, -0.15) is 13.2 Å². The molecule has 0 amide bonds. The van der Waals surface area contributed by atoms with E-state index in [4.69, 9.17) is 0 Å². The first kappa shape index (κ1) is 19.0. The summed E-state index contributed by atoms with van der Waals surface area (Å²) in [5.74, 6) is 0. The average Bonchev–Trinajstić information content (AvgIpc) is 3.29. The van der Waals surface area contributed by atoms with Crippen molar-refractivity contribution in [3.8, 4) is 0 Å². The van der Waals surface area contributed by atoms with Gasteiger partial charge in [0.2, 0.25) is 0 Å². The minimum atomic E-state index is -4.77. The maximum atomic E-state index is 13.2. The molecule has 1 N–H and O–H groups in total. The number of aromatic nitrogens is 1. The van der Waals surface area contributed by atoms with E-state index in [9.17, 15) is 21.6 Å². The number of benzene rings is 2. The van der Waals surface area contributed by atoms with Crippen LogP contribution in [0.2, 0.25) is 0 Å². The zero-order chi connectivity index (χ0) is 19.9. The summed E-state index contributed by atoms with van der Waals surface area (Å²) in [5.41, 5.74) is -0.274. The normalized spacial score (nSPS) is 15.3. The molecule has 1 aliphatic heterocycles. The molecular formula is C18H16F3N3O2S2. The number of hydrogen-bond acceptors (Lipinski definition) is 5. The largest absolute Gasteiger partial charge is 0.417 e. The van der Waals surface area contributed by atoms with Gasteiger partial charge in [-0.1, -0.05) is 23.5 Å². The molecule has 2 heterocycles. The van der Waals surface area contributed by atoms with Gasteiger partial charge in [-0.25, -0.2) is 13.4 Å². The summed E-state index contributed by atoms with van der Waals surface area (Å²) >= 11 is 1.44. The zero-order valence-electron chi connectivity index (χ0n) is 14.5. The molecule has 0 aliphatic carbocycles. The van der Waals surface area contributed by atoms with Crippen LogP contribution in [0.5, 0.6) is 0 Å². The smallest absolute Gasteiger partial charge is 0.348 e. The summed E-state index contributed by atoms with van der Waals surface area (Å²) < 4.78 is 67.7. The van der Waals surface area contributed by atoms with Crippen molar-refractivity contribution in [1.82, 2.24) is 4.98 Å². The number of hydrogen-bond donors (Lipinski definition) is 1. The Hall–Kier alpha value is -2.33. The van der Waals surface area contributed by atoms with Crippen LogP contribution in [0.1, 0.15) is 18.4 Å². The van der Waals surface area contributed by atoms with Crippen molar-refractivity contribution in [2.75, 3.05) is 22.7 Å². The lowest BCUT2D eigenvalue weighted by molar-refractivity contribution is -0.139. The molecule has 148 valence electrons. The topological polar surface area (TPSA) is 62.3 Å². The molecule has 0 atom stereocenters. The zero-order valence-corrected chi connectivity index (χ0v) is 16.2. The van der Waals surface area contributed by atoms with Gasteiger partial charge in [0.1, 0.15) is 0 Å². The Morgan fingerprint density at radius 2 is 1.79 bits per heavy atom. The summed E-state index contributed by atoms with van der Waals surface area (Å²) in [6.45, 7) is 1.88. The minimum Gasteiger partial charge on any atom is -0.348 e. The van der Waals surface area contributed by atoms with Crippen LogP contribution in [-0.4, -0.2) is 26.5 Å². The maximum absolute atomic E-state index is 13.2. The minimum absolute atomic E-state index is 0.195. The Labute approximate surface area is 163 Å². The first-order valence-corrected chi connectivity index (χ1v) is 10.9. The van der Waals surface area contributed by atoms with Crippen LogP contribution in [-0.2, 0) is 16.2 Å². The predicted octanol–water partition coefficient (Wildman–Crippen LogP) is 4.72. The molecule has 1 aliphatic rings. The average molecular weight is 427 g/mol. The number of nitrogens with one attached hydrogen (secondary N) is 1. The molecule has 2 aromatic carbocycles. The lowest BCUT2D eigenvalue weighted by atomic mass is 10.2. The Morgan fingerprint density at radius 1 is 1.07 bits per heavy atom. The number of rotatable bonds is 4. The standard InChI is InChI=1S/C18H16F3N3O2S2/c19-18(20,21)13-5-1-2-6-16(13)28(25,26)23-12-7-8-14-15(11-12)27-17(22-14)24-9-3-4-10-24/h1-2,5-8,11,23H,3-4,9-10H2. The van der Waals surface area contributed by atoms with Crippen molar-refractivity contribution in [3.63, 3.8) is 0 Å². The van der Waals surface area contributed by atoms with Gasteiger partial charge in [-0.3, -0.25) is 4.72 Å². The first-order chi connectivity index (χ1) is 13.2. The molecule has 1 fully saturated rings. The molecule has 0 saturated carbocycles.